The molecule has 140 valence electrons. The minimum atomic E-state index is -3.49. The van der Waals surface area contributed by atoms with Crippen molar-refractivity contribution < 1.29 is 17.9 Å². The highest BCUT2D eigenvalue weighted by atomic mass is 35.5. The van der Waals surface area contributed by atoms with Gasteiger partial charge in [0.15, 0.2) is 11.5 Å². The Morgan fingerprint density at radius 3 is 2.58 bits per heavy atom. The third kappa shape index (κ3) is 4.67. The molecule has 2 aromatic carbocycles. The molecular weight excluding hydrogens is 376 g/mol. The van der Waals surface area contributed by atoms with Crippen LogP contribution in [0.2, 0.25) is 5.02 Å². The molecule has 3 rings (SSSR count). The predicted octanol–water partition coefficient (Wildman–Crippen LogP) is 2.49. The lowest BCUT2D eigenvalue weighted by molar-refractivity contribution is 0.171. The molecule has 0 saturated carbocycles. The highest BCUT2D eigenvalue weighted by molar-refractivity contribution is 7.89. The van der Waals surface area contributed by atoms with Gasteiger partial charge in [-0.1, -0.05) is 29.3 Å². The Balaban J connectivity index is 1.48. The van der Waals surface area contributed by atoms with Gasteiger partial charge < -0.3 is 14.8 Å². The number of hydrogen-bond donors (Lipinski definition) is 2. The van der Waals surface area contributed by atoms with Crippen LogP contribution < -0.4 is 19.5 Å². The maximum absolute atomic E-state index is 12.2. The summed E-state index contributed by atoms with van der Waals surface area (Å²) in [5.41, 5.74) is 1.96. The first-order chi connectivity index (χ1) is 12.5. The highest BCUT2D eigenvalue weighted by Gasteiger charge is 2.16. The number of fused-ring (bicyclic) bond motifs is 1. The van der Waals surface area contributed by atoms with Crippen molar-refractivity contribution in [3.8, 4) is 11.5 Å². The van der Waals surface area contributed by atoms with Gasteiger partial charge in [0.2, 0.25) is 10.0 Å². The third-order valence-corrected chi connectivity index (χ3v) is 5.67. The van der Waals surface area contributed by atoms with Crippen LogP contribution in [0.15, 0.2) is 41.3 Å². The van der Waals surface area contributed by atoms with Crippen LogP contribution in [0.3, 0.4) is 0 Å². The van der Waals surface area contributed by atoms with E-state index in [1.807, 2.05) is 19.1 Å². The molecule has 0 unspecified atom stereocenters. The fourth-order valence-electron chi connectivity index (χ4n) is 2.57. The van der Waals surface area contributed by atoms with Crippen LogP contribution in [0.5, 0.6) is 11.5 Å². The first kappa shape index (κ1) is 19.0. The van der Waals surface area contributed by atoms with Gasteiger partial charge in [0.05, 0.1) is 9.92 Å². The average molecular weight is 397 g/mol. The van der Waals surface area contributed by atoms with Crippen molar-refractivity contribution in [3.63, 3.8) is 0 Å². The number of halogens is 1. The highest BCUT2D eigenvalue weighted by Crippen LogP contribution is 2.38. The van der Waals surface area contributed by atoms with Crippen LogP contribution in [0.1, 0.15) is 11.1 Å². The Labute approximate surface area is 158 Å². The summed E-state index contributed by atoms with van der Waals surface area (Å²) in [6.07, 6.45) is 0. The molecule has 0 atom stereocenters. The third-order valence-electron chi connectivity index (χ3n) is 3.91. The number of aryl methyl sites for hydroxylation is 1. The molecular formula is C18H21ClN2O4S. The molecule has 1 heterocycles. The van der Waals surface area contributed by atoms with Gasteiger partial charge in [-0.05, 0) is 36.8 Å². The summed E-state index contributed by atoms with van der Waals surface area (Å²) in [5, 5.41) is 3.70. The van der Waals surface area contributed by atoms with E-state index >= 15 is 0 Å². The number of sulfonamides is 1. The zero-order chi connectivity index (χ0) is 18.6. The van der Waals surface area contributed by atoms with E-state index in [0.717, 1.165) is 11.1 Å². The molecule has 2 aromatic rings. The van der Waals surface area contributed by atoms with Crippen LogP contribution in [0, 0.1) is 6.92 Å². The van der Waals surface area contributed by atoms with Crippen LogP contribution in [-0.2, 0) is 16.6 Å². The van der Waals surface area contributed by atoms with E-state index in [1.165, 1.54) is 0 Å². The predicted molar refractivity (Wildman–Crippen MR) is 101 cm³/mol. The molecule has 1 aliphatic rings. The van der Waals surface area contributed by atoms with E-state index in [4.69, 9.17) is 21.1 Å². The van der Waals surface area contributed by atoms with Gasteiger partial charge in [-0.3, -0.25) is 0 Å². The SMILES string of the molecule is Cc1ccc(S(=O)(=O)NCCNCc2cc(Cl)c3c(c2)OCCO3)cc1. The number of rotatable bonds is 7. The molecule has 1 aliphatic heterocycles. The molecule has 0 bridgehead atoms. The number of hydrogen-bond acceptors (Lipinski definition) is 5. The van der Waals surface area contributed by atoms with E-state index in [-0.39, 0.29) is 11.4 Å². The molecule has 2 N–H and O–H groups in total. The van der Waals surface area contributed by atoms with Gasteiger partial charge in [-0.2, -0.15) is 0 Å². The standard InChI is InChI=1S/C18H21ClN2O4S/c1-13-2-4-15(5-3-13)26(22,23)21-7-6-20-12-14-10-16(19)18-17(11-14)24-8-9-25-18/h2-5,10-11,20-21H,6-9,12H2,1H3. The fraction of sp³-hybridized carbons (Fsp3) is 0.333. The maximum Gasteiger partial charge on any atom is 0.240 e. The minimum Gasteiger partial charge on any atom is -0.486 e. The van der Waals surface area contributed by atoms with Crippen molar-refractivity contribution in [1.82, 2.24) is 10.0 Å². The normalized spacial score (nSPS) is 13.6. The Kier molecular flexibility index (Phi) is 6.03. The second kappa shape index (κ2) is 8.26. The molecule has 0 spiro atoms. The Bertz CT molecular complexity index is 870. The number of ether oxygens (including phenoxy) is 2. The summed E-state index contributed by atoms with van der Waals surface area (Å²) in [5.74, 6) is 1.22. The van der Waals surface area contributed by atoms with E-state index < -0.39 is 10.0 Å². The first-order valence-electron chi connectivity index (χ1n) is 8.31. The van der Waals surface area contributed by atoms with Crippen molar-refractivity contribution in [3.05, 3.63) is 52.5 Å². The lowest BCUT2D eigenvalue weighted by Crippen LogP contribution is -2.31. The monoisotopic (exact) mass is 396 g/mol. The van der Waals surface area contributed by atoms with Gasteiger partial charge in [-0.15, -0.1) is 0 Å². The first-order valence-corrected chi connectivity index (χ1v) is 10.2. The molecule has 0 aliphatic carbocycles. The van der Waals surface area contributed by atoms with Crippen molar-refractivity contribution in [2.45, 2.75) is 18.4 Å². The maximum atomic E-state index is 12.2. The molecule has 8 heteroatoms. The largest absolute Gasteiger partial charge is 0.486 e. The quantitative estimate of drug-likeness (QED) is 0.703. The van der Waals surface area contributed by atoms with Crippen molar-refractivity contribution in [2.24, 2.45) is 0 Å². The average Bonchev–Trinajstić information content (AvgIpc) is 2.62. The smallest absolute Gasteiger partial charge is 0.240 e. The second-order valence-electron chi connectivity index (χ2n) is 5.99. The Morgan fingerprint density at radius 1 is 1.08 bits per heavy atom. The van der Waals surface area contributed by atoms with E-state index in [1.54, 1.807) is 24.3 Å². The zero-order valence-electron chi connectivity index (χ0n) is 14.4. The minimum absolute atomic E-state index is 0.265. The van der Waals surface area contributed by atoms with Crippen LogP contribution in [-0.4, -0.2) is 34.7 Å². The molecule has 0 saturated heterocycles. The van der Waals surface area contributed by atoms with E-state index in [2.05, 4.69) is 10.0 Å². The van der Waals surface area contributed by atoms with Gasteiger partial charge >= 0.3 is 0 Å². The topological polar surface area (TPSA) is 76.7 Å². The fourth-order valence-corrected chi connectivity index (χ4v) is 3.89. The summed E-state index contributed by atoms with van der Waals surface area (Å²) in [6.45, 7) is 4.22. The summed E-state index contributed by atoms with van der Waals surface area (Å²) in [4.78, 5) is 0.265. The van der Waals surface area contributed by atoms with Crippen LogP contribution >= 0.6 is 11.6 Å². The molecule has 6 nitrogen and oxygen atoms in total. The van der Waals surface area contributed by atoms with Crippen molar-refractivity contribution >= 4 is 21.6 Å². The summed E-state index contributed by atoms with van der Waals surface area (Å²) in [6, 6.07) is 10.4. The van der Waals surface area contributed by atoms with Gasteiger partial charge in [-0.25, -0.2) is 13.1 Å². The molecule has 0 aromatic heterocycles. The molecule has 0 fully saturated rings. The summed E-state index contributed by atoms with van der Waals surface area (Å²) in [7, 11) is -3.49. The summed E-state index contributed by atoms with van der Waals surface area (Å²) < 4.78 is 38.0. The van der Waals surface area contributed by atoms with Crippen LogP contribution in [0.4, 0.5) is 0 Å². The Hall–Kier alpha value is -1.80. The lowest BCUT2D eigenvalue weighted by Gasteiger charge is -2.20. The van der Waals surface area contributed by atoms with Crippen LogP contribution in [0.25, 0.3) is 0 Å². The van der Waals surface area contributed by atoms with Gasteiger partial charge in [0.1, 0.15) is 13.2 Å². The Morgan fingerprint density at radius 2 is 1.81 bits per heavy atom. The molecule has 26 heavy (non-hydrogen) atoms. The van der Waals surface area contributed by atoms with Gasteiger partial charge in [0, 0.05) is 19.6 Å². The van der Waals surface area contributed by atoms with Crippen molar-refractivity contribution in [2.75, 3.05) is 26.3 Å². The van der Waals surface area contributed by atoms with E-state index in [0.29, 0.717) is 42.8 Å². The van der Waals surface area contributed by atoms with Gasteiger partial charge in [0.25, 0.3) is 0 Å². The van der Waals surface area contributed by atoms with E-state index in [9.17, 15) is 8.42 Å². The van der Waals surface area contributed by atoms with Crippen molar-refractivity contribution in [1.29, 1.82) is 0 Å². The number of benzene rings is 2. The second-order valence-corrected chi connectivity index (χ2v) is 8.16. The zero-order valence-corrected chi connectivity index (χ0v) is 16.0. The molecule has 0 radical (unpaired) electrons. The summed E-state index contributed by atoms with van der Waals surface area (Å²) >= 11 is 6.20. The number of nitrogens with one attached hydrogen (secondary N) is 2. The lowest BCUT2D eigenvalue weighted by atomic mass is 10.2. The molecule has 0 amide bonds.